The minimum atomic E-state index is -0.495. The third-order valence-corrected chi connectivity index (χ3v) is 2.38. The Morgan fingerprint density at radius 2 is 2.00 bits per heavy atom. The normalized spacial score (nSPS) is 11.3. The van der Waals surface area contributed by atoms with Crippen LogP contribution in [0.4, 0.5) is 9.93 Å². The summed E-state index contributed by atoms with van der Waals surface area (Å²) in [6.07, 6.45) is -0.418. The van der Waals surface area contributed by atoms with E-state index in [1.165, 1.54) is 16.2 Å². The molecule has 84 valence electrons. The Labute approximate surface area is 93.1 Å². The van der Waals surface area contributed by atoms with Crippen LogP contribution < -0.4 is 4.90 Å². The second-order valence-corrected chi connectivity index (χ2v) is 5.30. The van der Waals surface area contributed by atoms with Crippen LogP contribution in [-0.2, 0) is 4.74 Å². The number of rotatable bonds is 1. The lowest BCUT2D eigenvalue weighted by Crippen LogP contribution is -2.34. The molecule has 0 atom stereocenters. The summed E-state index contributed by atoms with van der Waals surface area (Å²) < 4.78 is 5.19. The summed E-state index contributed by atoms with van der Waals surface area (Å²) in [6.45, 7) is 7.31. The zero-order valence-electron chi connectivity index (χ0n) is 9.57. The maximum atomic E-state index is 11.6. The number of carbonyl (C=O) groups excluding carboxylic acids is 1. The molecule has 0 bridgehead atoms. The lowest BCUT2D eigenvalue weighted by Gasteiger charge is -2.22. The summed E-state index contributed by atoms with van der Waals surface area (Å²) in [5.41, 5.74) is -0.495. The third-order valence-electron chi connectivity index (χ3n) is 1.47. The first-order chi connectivity index (χ1) is 6.79. The van der Waals surface area contributed by atoms with E-state index in [1.807, 2.05) is 27.7 Å². The van der Waals surface area contributed by atoms with Gasteiger partial charge in [0.25, 0.3) is 0 Å². The summed E-state index contributed by atoms with van der Waals surface area (Å²) in [4.78, 5) is 13.0. The number of hydrogen-bond acceptors (Lipinski definition) is 5. The molecule has 5 nitrogen and oxygen atoms in total. The quantitative estimate of drug-likeness (QED) is 0.741. The summed E-state index contributed by atoms with van der Waals surface area (Å²) in [5.74, 6) is 0. The first-order valence-electron chi connectivity index (χ1n) is 4.56. The van der Waals surface area contributed by atoms with E-state index in [2.05, 4.69) is 10.2 Å². The first-order valence-corrected chi connectivity index (χ1v) is 5.38. The van der Waals surface area contributed by atoms with Gasteiger partial charge in [0.2, 0.25) is 5.13 Å². The molecule has 0 aliphatic rings. The van der Waals surface area contributed by atoms with Gasteiger partial charge in [-0.05, 0) is 27.7 Å². The SMILES string of the molecule is Cc1nnc(N(C)C(=O)OC(C)(C)C)s1. The van der Waals surface area contributed by atoms with E-state index in [1.54, 1.807) is 7.05 Å². The van der Waals surface area contributed by atoms with E-state index in [-0.39, 0.29) is 0 Å². The van der Waals surface area contributed by atoms with Gasteiger partial charge < -0.3 is 4.74 Å². The Bertz CT molecular complexity index is 356. The van der Waals surface area contributed by atoms with E-state index < -0.39 is 11.7 Å². The van der Waals surface area contributed by atoms with Gasteiger partial charge in [-0.2, -0.15) is 0 Å². The Hall–Kier alpha value is -1.17. The smallest absolute Gasteiger partial charge is 0.416 e. The lowest BCUT2D eigenvalue weighted by atomic mass is 10.2. The van der Waals surface area contributed by atoms with E-state index in [0.29, 0.717) is 5.13 Å². The van der Waals surface area contributed by atoms with E-state index in [0.717, 1.165) is 5.01 Å². The molecule has 1 aromatic rings. The zero-order valence-corrected chi connectivity index (χ0v) is 10.4. The molecule has 15 heavy (non-hydrogen) atoms. The molecule has 0 saturated heterocycles. The van der Waals surface area contributed by atoms with Crippen molar-refractivity contribution >= 4 is 22.6 Å². The number of ether oxygens (including phenoxy) is 1. The molecule has 1 heterocycles. The van der Waals surface area contributed by atoms with E-state index in [4.69, 9.17) is 4.74 Å². The van der Waals surface area contributed by atoms with Crippen molar-refractivity contribution in [3.63, 3.8) is 0 Å². The van der Waals surface area contributed by atoms with Crippen LogP contribution in [0.25, 0.3) is 0 Å². The number of anilines is 1. The number of hydrogen-bond donors (Lipinski definition) is 0. The molecule has 0 radical (unpaired) electrons. The maximum absolute atomic E-state index is 11.6. The predicted molar refractivity (Wildman–Crippen MR) is 59.3 cm³/mol. The van der Waals surface area contributed by atoms with E-state index >= 15 is 0 Å². The summed E-state index contributed by atoms with van der Waals surface area (Å²) in [6, 6.07) is 0. The van der Waals surface area contributed by atoms with E-state index in [9.17, 15) is 4.79 Å². The molecular formula is C9H15N3O2S. The topological polar surface area (TPSA) is 55.3 Å². The van der Waals surface area contributed by atoms with Crippen molar-refractivity contribution in [2.24, 2.45) is 0 Å². The van der Waals surface area contributed by atoms with Crippen molar-refractivity contribution in [3.8, 4) is 0 Å². The number of nitrogens with zero attached hydrogens (tertiary/aromatic N) is 3. The highest BCUT2D eigenvalue weighted by Gasteiger charge is 2.22. The molecule has 0 spiro atoms. The summed E-state index contributed by atoms with van der Waals surface area (Å²) in [7, 11) is 1.62. The zero-order chi connectivity index (χ0) is 11.6. The van der Waals surface area contributed by atoms with Crippen LogP contribution in [0.3, 0.4) is 0 Å². The van der Waals surface area contributed by atoms with Crippen LogP contribution in [0.2, 0.25) is 0 Å². The number of aromatic nitrogens is 2. The monoisotopic (exact) mass is 229 g/mol. The second-order valence-electron chi connectivity index (χ2n) is 4.14. The van der Waals surface area contributed by atoms with Crippen molar-refractivity contribution in [2.45, 2.75) is 33.3 Å². The average Bonchev–Trinajstić information content (AvgIpc) is 2.47. The van der Waals surface area contributed by atoms with Gasteiger partial charge in [-0.15, -0.1) is 10.2 Å². The van der Waals surface area contributed by atoms with Crippen molar-refractivity contribution < 1.29 is 9.53 Å². The molecule has 0 aliphatic heterocycles. The highest BCUT2D eigenvalue weighted by Crippen LogP contribution is 2.20. The first kappa shape index (κ1) is 11.9. The minimum absolute atomic E-state index is 0.418. The molecule has 0 aromatic carbocycles. The molecule has 1 amide bonds. The van der Waals surface area contributed by atoms with Crippen molar-refractivity contribution in [3.05, 3.63) is 5.01 Å². The van der Waals surface area contributed by atoms with Gasteiger partial charge in [-0.3, -0.25) is 4.90 Å². The lowest BCUT2D eigenvalue weighted by molar-refractivity contribution is 0.0589. The fraction of sp³-hybridized carbons (Fsp3) is 0.667. The average molecular weight is 229 g/mol. The molecule has 0 unspecified atom stereocenters. The van der Waals surface area contributed by atoms with Crippen molar-refractivity contribution in [1.29, 1.82) is 0 Å². The maximum Gasteiger partial charge on any atom is 0.416 e. The summed E-state index contributed by atoms with van der Waals surface area (Å²) in [5, 5.41) is 9.06. The highest BCUT2D eigenvalue weighted by atomic mass is 32.1. The molecule has 1 aromatic heterocycles. The molecular weight excluding hydrogens is 214 g/mol. The van der Waals surface area contributed by atoms with Crippen LogP contribution in [0.15, 0.2) is 0 Å². The van der Waals surface area contributed by atoms with Crippen LogP contribution in [-0.4, -0.2) is 28.9 Å². The standard InChI is InChI=1S/C9H15N3O2S/c1-6-10-11-7(15-6)12(5)8(13)14-9(2,3)4/h1-5H3. The Kier molecular flexibility index (Phi) is 3.28. The number of amides is 1. The van der Waals surface area contributed by atoms with Gasteiger partial charge >= 0.3 is 6.09 Å². The predicted octanol–water partition coefficient (Wildman–Crippen LogP) is 2.22. The molecule has 0 saturated carbocycles. The Morgan fingerprint density at radius 3 is 2.40 bits per heavy atom. The van der Waals surface area contributed by atoms with Gasteiger partial charge in [0.15, 0.2) is 0 Å². The third kappa shape index (κ3) is 3.47. The van der Waals surface area contributed by atoms with Gasteiger partial charge in [0, 0.05) is 7.05 Å². The molecule has 0 fully saturated rings. The Balaban J connectivity index is 2.69. The second kappa shape index (κ2) is 4.14. The summed E-state index contributed by atoms with van der Waals surface area (Å²) >= 11 is 1.35. The fourth-order valence-electron chi connectivity index (χ4n) is 0.830. The van der Waals surface area contributed by atoms with Crippen LogP contribution in [0, 0.1) is 6.92 Å². The molecule has 6 heteroatoms. The van der Waals surface area contributed by atoms with Crippen molar-refractivity contribution in [2.75, 3.05) is 11.9 Å². The molecule has 0 aliphatic carbocycles. The van der Waals surface area contributed by atoms with Crippen molar-refractivity contribution in [1.82, 2.24) is 10.2 Å². The van der Waals surface area contributed by atoms with Crippen LogP contribution >= 0.6 is 11.3 Å². The fourth-order valence-corrected chi connectivity index (χ4v) is 1.47. The minimum Gasteiger partial charge on any atom is -0.443 e. The van der Waals surface area contributed by atoms with Gasteiger partial charge in [0.1, 0.15) is 10.6 Å². The van der Waals surface area contributed by atoms with Crippen LogP contribution in [0.1, 0.15) is 25.8 Å². The largest absolute Gasteiger partial charge is 0.443 e. The number of carbonyl (C=O) groups is 1. The molecule has 1 rings (SSSR count). The highest BCUT2D eigenvalue weighted by molar-refractivity contribution is 7.15. The molecule has 0 N–H and O–H groups in total. The van der Waals surface area contributed by atoms with Gasteiger partial charge in [-0.1, -0.05) is 11.3 Å². The van der Waals surface area contributed by atoms with Crippen LogP contribution in [0.5, 0.6) is 0 Å². The van der Waals surface area contributed by atoms with Gasteiger partial charge in [0.05, 0.1) is 0 Å². The number of aryl methyl sites for hydroxylation is 1. The van der Waals surface area contributed by atoms with Gasteiger partial charge in [-0.25, -0.2) is 4.79 Å². The Morgan fingerprint density at radius 1 is 1.40 bits per heavy atom.